The van der Waals surface area contributed by atoms with Crippen LogP contribution in [0.1, 0.15) is 24.2 Å². The third kappa shape index (κ3) is 4.55. The lowest BCUT2D eigenvalue weighted by Crippen LogP contribution is -2.24. The Labute approximate surface area is 166 Å². The molecule has 0 atom stereocenters. The summed E-state index contributed by atoms with van der Waals surface area (Å²) in [7, 11) is -3.74. The molecule has 0 aliphatic heterocycles. The summed E-state index contributed by atoms with van der Waals surface area (Å²) in [5, 5.41) is 4.05. The highest BCUT2D eigenvalue weighted by molar-refractivity contribution is 7.93. The van der Waals surface area contributed by atoms with Gasteiger partial charge < -0.3 is 0 Å². The normalized spacial score (nSPS) is 11.4. The number of carbonyl (C=O) groups is 1. The van der Waals surface area contributed by atoms with E-state index in [1.807, 2.05) is 30.3 Å². The minimum atomic E-state index is -3.74. The van der Waals surface area contributed by atoms with Crippen molar-refractivity contribution in [2.75, 3.05) is 10.0 Å². The van der Waals surface area contributed by atoms with Crippen molar-refractivity contribution in [3.63, 3.8) is 0 Å². The number of hydrogen-bond acceptors (Lipinski definition) is 5. The summed E-state index contributed by atoms with van der Waals surface area (Å²) in [5.74, 6) is -1.24. The first-order chi connectivity index (χ1) is 13.3. The molecule has 3 rings (SSSR count). The van der Waals surface area contributed by atoms with E-state index >= 15 is 0 Å². The molecule has 3 aromatic rings. The van der Waals surface area contributed by atoms with Gasteiger partial charge in [-0.25, -0.2) is 17.8 Å². The summed E-state index contributed by atoms with van der Waals surface area (Å²) >= 11 is 1.24. The molecule has 9 heteroatoms. The number of amides is 1. The molecule has 0 radical (unpaired) electrons. The third-order valence-electron chi connectivity index (χ3n) is 3.89. The summed E-state index contributed by atoms with van der Waals surface area (Å²) in [6, 6.07) is 12.8. The number of sulfonamides is 1. The van der Waals surface area contributed by atoms with Crippen LogP contribution in [-0.4, -0.2) is 24.6 Å². The van der Waals surface area contributed by atoms with Crippen LogP contribution in [0.25, 0.3) is 11.3 Å². The van der Waals surface area contributed by atoms with Gasteiger partial charge in [0.25, 0.3) is 5.91 Å². The first-order valence-electron chi connectivity index (χ1n) is 8.40. The number of rotatable bonds is 6. The Balaban J connectivity index is 1.84. The summed E-state index contributed by atoms with van der Waals surface area (Å²) < 4.78 is 40.2. The van der Waals surface area contributed by atoms with E-state index in [4.69, 9.17) is 0 Å². The van der Waals surface area contributed by atoms with Crippen LogP contribution in [0.4, 0.5) is 15.2 Å². The molecule has 0 saturated heterocycles. The van der Waals surface area contributed by atoms with E-state index in [-0.39, 0.29) is 11.3 Å². The molecule has 0 unspecified atom stereocenters. The molecule has 0 aliphatic carbocycles. The number of anilines is 2. The second kappa shape index (κ2) is 8.07. The van der Waals surface area contributed by atoms with Gasteiger partial charge in [-0.2, -0.15) is 0 Å². The van der Waals surface area contributed by atoms with Gasteiger partial charge in [-0.05, 0) is 32.0 Å². The molecule has 2 N–H and O–H groups in total. The monoisotopic (exact) mass is 419 g/mol. The second-order valence-corrected chi connectivity index (χ2v) is 9.34. The van der Waals surface area contributed by atoms with E-state index in [0.29, 0.717) is 10.8 Å². The molecule has 0 saturated carbocycles. The van der Waals surface area contributed by atoms with Gasteiger partial charge in [-0.1, -0.05) is 30.3 Å². The fourth-order valence-electron chi connectivity index (χ4n) is 2.31. The average Bonchev–Trinajstić information content (AvgIpc) is 3.10. The van der Waals surface area contributed by atoms with Crippen LogP contribution in [0.5, 0.6) is 0 Å². The zero-order valence-electron chi connectivity index (χ0n) is 15.1. The molecular formula is C19H18FN3O3S2. The van der Waals surface area contributed by atoms with Crippen molar-refractivity contribution in [1.82, 2.24) is 4.98 Å². The highest BCUT2D eigenvalue weighted by Crippen LogP contribution is 2.26. The van der Waals surface area contributed by atoms with Gasteiger partial charge in [0.1, 0.15) is 5.82 Å². The van der Waals surface area contributed by atoms with E-state index in [0.717, 1.165) is 17.7 Å². The van der Waals surface area contributed by atoms with E-state index in [1.165, 1.54) is 31.3 Å². The molecule has 0 spiro atoms. The molecule has 2 aromatic carbocycles. The largest absolute Gasteiger partial charge is 0.298 e. The molecule has 0 bridgehead atoms. The van der Waals surface area contributed by atoms with Gasteiger partial charge in [0.2, 0.25) is 10.0 Å². The van der Waals surface area contributed by atoms with Crippen molar-refractivity contribution in [3.8, 4) is 11.3 Å². The lowest BCUT2D eigenvalue weighted by atomic mass is 10.1. The zero-order valence-corrected chi connectivity index (χ0v) is 16.8. The summed E-state index contributed by atoms with van der Waals surface area (Å²) in [4.78, 5) is 17.0. The number of carbonyl (C=O) groups excluding carboxylic acids is 1. The molecule has 28 heavy (non-hydrogen) atoms. The predicted octanol–water partition coefficient (Wildman–Crippen LogP) is 4.35. The molecule has 1 heterocycles. The van der Waals surface area contributed by atoms with Crippen LogP contribution in [-0.2, 0) is 10.0 Å². The minimum absolute atomic E-state index is 0.00193. The van der Waals surface area contributed by atoms with Crippen molar-refractivity contribution < 1.29 is 17.6 Å². The van der Waals surface area contributed by atoms with Crippen molar-refractivity contribution >= 4 is 38.1 Å². The van der Waals surface area contributed by atoms with E-state index in [2.05, 4.69) is 15.0 Å². The topological polar surface area (TPSA) is 88.2 Å². The molecule has 0 aliphatic rings. The molecule has 1 amide bonds. The molecule has 6 nitrogen and oxygen atoms in total. The van der Waals surface area contributed by atoms with E-state index in [9.17, 15) is 17.6 Å². The summed E-state index contributed by atoms with van der Waals surface area (Å²) in [6.07, 6.45) is 0. The van der Waals surface area contributed by atoms with Crippen LogP contribution < -0.4 is 10.0 Å². The smallest absolute Gasteiger partial charge is 0.259 e. The fourth-order valence-corrected chi connectivity index (χ4v) is 3.73. The van der Waals surface area contributed by atoms with Gasteiger partial charge in [0.05, 0.1) is 22.2 Å². The number of halogens is 1. The third-order valence-corrected chi connectivity index (χ3v) is 6.40. The first kappa shape index (κ1) is 20.0. The van der Waals surface area contributed by atoms with E-state index in [1.54, 1.807) is 5.38 Å². The zero-order chi connectivity index (χ0) is 20.3. The molecule has 0 fully saturated rings. The number of nitrogens with zero attached hydrogens (tertiary/aromatic N) is 1. The Bertz CT molecular complexity index is 1100. The SMILES string of the molecule is CC(C)S(=O)(=O)Nc1cc(F)ccc1C(=O)Nc1nc(-c2ccccc2)cs1. The Hall–Kier alpha value is -2.78. The fraction of sp³-hybridized carbons (Fsp3) is 0.158. The number of nitrogens with one attached hydrogen (secondary N) is 2. The van der Waals surface area contributed by atoms with Gasteiger partial charge in [0, 0.05) is 10.9 Å². The van der Waals surface area contributed by atoms with Crippen molar-refractivity contribution in [2.45, 2.75) is 19.1 Å². The summed E-state index contributed by atoms with van der Waals surface area (Å²) in [6.45, 7) is 2.98. The van der Waals surface area contributed by atoms with Gasteiger partial charge in [-0.15, -0.1) is 11.3 Å². The maximum Gasteiger partial charge on any atom is 0.259 e. The van der Waals surface area contributed by atoms with E-state index < -0.39 is 27.0 Å². The Morgan fingerprint density at radius 3 is 2.54 bits per heavy atom. The van der Waals surface area contributed by atoms with Crippen LogP contribution >= 0.6 is 11.3 Å². The molecular weight excluding hydrogens is 401 g/mol. The van der Waals surface area contributed by atoms with Crippen LogP contribution in [0.3, 0.4) is 0 Å². The van der Waals surface area contributed by atoms with Crippen molar-refractivity contribution in [1.29, 1.82) is 0 Å². The average molecular weight is 420 g/mol. The van der Waals surface area contributed by atoms with Crippen molar-refractivity contribution in [2.24, 2.45) is 0 Å². The highest BCUT2D eigenvalue weighted by Gasteiger charge is 2.21. The predicted molar refractivity (Wildman–Crippen MR) is 110 cm³/mol. The van der Waals surface area contributed by atoms with Crippen LogP contribution in [0.2, 0.25) is 0 Å². The number of thiazole rings is 1. The van der Waals surface area contributed by atoms with Crippen molar-refractivity contribution in [3.05, 3.63) is 65.3 Å². The van der Waals surface area contributed by atoms with Gasteiger partial charge >= 0.3 is 0 Å². The standard InChI is InChI=1S/C19H18FN3O3S2/c1-12(2)28(25,26)23-16-10-14(20)8-9-15(16)18(24)22-19-21-17(11-27-19)13-6-4-3-5-7-13/h3-12,23H,1-2H3,(H,21,22,24). The number of aromatic nitrogens is 1. The lowest BCUT2D eigenvalue weighted by molar-refractivity contribution is 0.102. The maximum atomic E-state index is 13.6. The van der Waals surface area contributed by atoms with Crippen LogP contribution in [0.15, 0.2) is 53.9 Å². The Morgan fingerprint density at radius 1 is 1.14 bits per heavy atom. The van der Waals surface area contributed by atoms with Crippen LogP contribution in [0, 0.1) is 5.82 Å². The maximum absolute atomic E-state index is 13.6. The first-order valence-corrected chi connectivity index (χ1v) is 10.8. The summed E-state index contributed by atoms with van der Waals surface area (Å²) in [5.41, 5.74) is 1.50. The second-order valence-electron chi connectivity index (χ2n) is 6.24. The lowest BCUT2D eigenvalue weighted by Gasteiger charge is -2.14. The minimum Gasteiger partial charge on any atom is -0.298 e. The Morgan fingerprint density at radius 2 is 1.86 bits per heavy atom. The quantitative estimate of drug-likeness (QED) is 0.622. The highest BCUT2D eigenvalue weighted by atomic mass is 32.2. The number of hydrogen-bond donors (Lipinski definition) is 2. The molecule has 1 aromatic heterocycles. The number of benzene rings is 2. The van der Waals surface area contributed by atoms with Gasteiger partial charge in [-0.3, -0.25) is 14.8 Å². The molecule has 146 valence electrons. The Kier molecular flexibility index (Phi) is 5.76. The van der Waals surface area contributed by atoms with Gasteiger partial charge in [0.15, 0.2) is 5.13 Å².